The number of nitrogens with zero attached hydrogens (tertiary/aromatic N) is 1. The minimum absolute atomic E-state index is 0.0733. The molecule has 1 aliphatic rings. The van der Waals surface area contributed by atoms with E-state index in [2.05, 4.69) is 0 Å². The summed E-state index contributed by atoms with van der Waals surface area (Å²) in [5.41, 5.74) is -0.757. The van der Waals surface area contributed by atoms with E-state index in [0.29, 0.717) is 13.1 Å². The fourth-order valence-electron chi connectivity index (χ4n) is 2.46. The quantitative estimate of drug-likeness (QED) is 0.912. The molecule has 6 nitrogen and oxygen atoms in total. The van der Waals surface area contributed by atoms with Crippen molar-refractivity contribution in [2.75, 3.05) is 19.7 Å². The Kier molecular flexibility index (Phi) is 5.31. The molecule has 1 aromatic rings. The van der Waals surface area contributed by atoms with Crippen LogP contribution in [-0.2, 0) is 4.74 Å². The fourth-order valence-corrected chi connectivity index (χ4v) is 2.46. The second-order valence-electron chi connectivity index (χ2n) is 6.84. The number of carboxylic acids is 1. The number of likely N-dealkylation sites (tertiary alicyclic amines) is 1. The maximum atomic E-state index is 13.1. The van der Waals surface area contributed by atoms with E-state index in [1.165, 1.54) is 6.07 Å². The van der Waals surface area contributed by atoms with Crippen molar-refractivity contribution in [2.45, 2.75) is 32.8 Å². The Morgan fingerprint density at radius 2 is 2.08 bits per heavy atom. The van der Waals surface area contributed by atoms with E-state index < -0.39 is 17.4 Å². The van der Waals surface area contributed by atoms with Crippen LogP contribution in [-0.4, -0.2) is 47.4 Å². The van der Waals surface area contributed by atoms with Crippen LogP contribution in [0.25, 0.3) is 0 Å². The minimum Gasteiger partial charge on any atom is -0.492 e. The Balaban J connectivity index is 1.91. The van der Waals surface area contributed by atoms with Crippen molar-refractivity contribution in [1.29, 1.82) is 0 Å². The lowest BCUT2D eigenvalue weighted by atomic mass is 10.1. The molecule has 7 heteroatoms. The SMILES string of the molecule is CC(C)(C)OC(=O)N1CCC(COc2ccc(F)cc2C(=O)O)C1. The van der Waals surface area contributed by atoms with E-state index in [0.717, 1.165) is 18.6 Å². The topological polar surface area (TPSA) is 76.1 Å². The van der Waals surface area contributed by atoms with Crippen LogP contribution in [0, 0.1) is 11.7 Å². The predicted octanol–water partition coefficient (Wildman–Crippen LogP) is 3.16. The smallest absolute Gasteiger partial charge is 0.410 e. The molecule has 1 aromatic carbocycles. The van der Waals surface area contributed by atoms with Crippen LogP contribution < -0.4 is 4.74 Å². The Labute approximate surface area is 140 Å². The number of hydrogen-bond acceptors (Lipinski definition) is 4. The molecule has 1 fully saturated rings. The van der Waals surface area contributed by atoms with Gasteiger partial charge in [0.15, 0.2) is 0 Å². The first kappa shape index (κ1) is 18.0. The third kappa shape index (κ3) is 4.84. The molecule has 24 heavy (non-hydrogen) atoms. The summed E-state index contributed by atoms with van der Waals surface area (Å²) >= 11 is 0. The predicted molar refractivity (Wildman–Crippen MR) is 84.8 cm³/mol. The summed E-state index contributed by atoms with van der Waals surface area (Å²) in [6.45, 7) is 6.73. The largest absolute Gasteiger partial charge is 0.492 e. The average Bonchev–Trinajstić information content (AvgIpc) is 2.93. The molecule has 0 aliphatic carbocycles. The lowest BCUT2D eigenvalue weighted by molar-refractivity contribution is 0.0284. The van der Waals surface area contributed by atoms with Crippen LogP contribution in [0.2, 0.25) is 0 Å². The monoisotopic (exact) mass is 339 g/mol. The van der Waals surface area contributed by atoms with Gasteiger partial charge >= 0.3 is 12.1 Å². The number of benzene rings is 1. The number of rotatable bonds is 4. The molecule has 132 valence electrons. The first-order valence-electron chi connectivity index (χ1n) is 7.79. The van der Waals surface area contributed by atoms with Gasteiger partial charge in [-0.15, -0.1) is 0 Å². The Hall–Kier alpha value is -2.31. The summed E-state index contributed by atoms with van der Waals surface area (Å²) in [6, 6.07) is 3.39. The maximum Gasteiger partial charge on any atom is 0.410 e. The second-order valence-corrected chi connectivity index (χ2v) is 6.84. The molecule has 1 N–H and O–H groups in total. The van der Waals surface area contributed by atoms with E-state index in [-0.39, 0.29) is 29.9 Å². The van der Waals surface area contributed by atoms with Crippen LogP contribution in [0.5, 0.6) is 5.75 Å². The van der Waals surface area contributed by atoms with Gasteiger partial charge in [-0.25, -0.2) is 14.0 Å². The average molecular weight is 339 g/mol. The van der Waals surface area contributed by atoms with Gasteiger partial charge in [0.05, 0.1) is 6.61 Å². The zero-order valence-electron chi connectivity index (χ0n) is 14.0. The van der Waals surface area contributed by atoms with Crippen LogP contribution in [0.1, 0.15) is 37.6 Å². The van der Waals surface area contributed by atoms with E-state index in [4.69, 9.17) is 14.6 Å². The number of halogens is 1. The summed E-state index contributed by atoms with van der Waals surface area (Å²) in [5, 5.41) is 9.09. The van der Waals surface area contributed by atoms with Crippen molar-refractivity contribution in [1.82, 2.24) is 4.90 Å². The number of aromatic carboxylic acids is 1. The van der Waals surface area contributed by atoms with Crippen LogP contribution in [0.15, 0.2) is 18.2 Å². The van der Waals surface area contributed by atoms with Gasteiger partial charge in [0, 0.05) is 19.0 Å². The van der Waals surface area contributed by atoms with Gasteiger partial charge in [0.25, 0.3) is 0 Å². The molecular weight excluding hydrogens is 317 g/mol. The van der Waals surface area contributed by atoms with Gasteiger partial charge in [0.1, 0.15) is 22.7 Å². The number of ether oxygens (including phenoxy) is 2. The normalized spacial score (nSPS) is 17.7. The van der Waals surface area contributed by atoms with Crippen molar-refractivity contribution in [3.05, 3.63) is 29.6 Å². The Morgan fingerprint density at radius 1 is 1.38 bits per heavy atom. The molecule has 2 rings (SSSR count). The highest BCUT2D eigenvalue weighted by Crippen LogP contribution is 2.24. The second kappa shape index (κ2) is 7.07. The van der Waals surface area contributed by atoms with Crippen molar-refractivity contribution in [3.63, 3.8) is 0 Å². The Bertz CT molecular complexity index is 626. The third-order valence-electron chi connectivity index (χ3n) is 3.58. The zero-order valence-corrected chi connectivity index (χ0v) is 14.0. The summed E-state index contributed by atoms with van der Waals surface area (Å²) in [6.07, 6.45) is 0.376. The molecule has 1 amide bonds. The van der Waals surface area contributed by atoms with E-state index in [9.17, 15) is 14.0 Å². The van der Waals surface area contributed by atoms with Crippen molar-refractivity contribution < 1.29 is 28.6 Å². The van der Waals surface area contributed by atoms with Gasteiger partial charge in [-0.05, 0) is 45.4 Å². The van der Waals surface area contributed by atoms with Crippen molar-refractivity contribution >= 4 is 12.1 Å². The summed E-state index contributed by atoms with van der Waals surface area (Å²) < 4.78 is 24.0. The molecule has 1 unspecified atom stereocenters. The molecule has 1 aliphatic heterocycles. The standard InChI is InChI=1S/C17H22FNO5/c1-17(2,3)24-16(22)19-7-6-11(9-19)10-23-14-5-4-12(18)8-13(14)15(20)21/h4-5,8,11H,6-7,9-10H2,1-3H3,(H,20,21). The number of hydrogen-bond donors (Lipinski definition) is 1. The van der Waals surface area contributed by atoms with Gasteiger partial charge in [0.2, 0.25) is 0 Å². The summed E-state index contributed by atoms with van der Waals surface area (Å²) in [7, 11) is 0. The molecule has 1 atom stereocenters. The van der Waals surface area contributed by atoms with E-state index in [1.807, 2.05) is 20.8 Å². The highest BCUT2D eigenvalue weighted by molar-refractivity contribution is 5.90. The molecule has 1 heterocycles. The van der Waals surface area contributed by atoms with Gasteiger partial charge in [-0.1, -0.05) is 0 Å². The number of amides is 1. The van der Waals surface area contributed by atoms with Crippen molar-refractivity contribution in [2.24, 2.45) is 5.92 Å². The first-order chi connectivity index (χ1) is 11.2. The molecule has 0 bridgehead atoms. The number of carboxylic acid groups (broad SMARTS) is 1. The van der Waals surface area contributed by atoms with E-state index >= 15 is 0 Å². The van der Waals surface area contributed by atoms with Crippen LogP contribution >= 0.6 is 0 Å². The number of carbonyl (C=O) groups is 2. The van der Waals surface area contributed by atoms with Gasteiger partial charge in [-0.3, -0.25) is 0 Å². The van der Waals surface area contributed by atoms with Gasteiger partial charge < -0.3 is 19.5 Å². The molecule has 0 aromatic heterocycles. The zero-order chi connectivity index (χ0) is 17.9. The third-order valence-corrected chi connectivity index (χ3v) is 3.58. The summed E-state index contributed by atoms with van der Waals surface area (Å²) in [4.78, 5) is 24.7. The highest BCUT2D eigenvalue weighted by Gasteiger charge is 2.30. The summed E-state index contributed by atoms with van der Waals surface area (Å²) in [5.74, 6) is -1.67. The number of carbonyl (C=O) groups excluding carboxylic acids is 1. The molecule has 1 saturated heterocycles. The van der Waals surface area contributed by atoms with Crippen molar-refractivity contribution in [3.8, 4) is 5.75 Å². The van der Waals surface area contributed by atoms with E-state index in [1.54, 1.807) is 4.90 Å². The highest BCUT2D eigenvalue weighted by atomic mass is 19.1. The minimum atomic E-state index is -1.24. The maximum absolute atomic E-state index is 13.1. The molecule has 0 saturated carbocycles. The fraction of sp³-hybridized carbons (Fsp3) is 0.529. The Morgan fingerprint density at radius 3 is 2.71 bits per heavy atom. The first-order valence-corrected chi connectivity index (χ1v) is 7.79. The van der Waals surface area contributed by atoms with Crippen LogP contribution in [0.3, 0.4) is 0 Å². The molecule has 0 radical (unpaired) electrons. The van der Waals surface area contributed by atoms with Crippen LogP contribution in [0.4, 0.5) is 9.18 Å². The molecular formula is C17H22FNO5. The lowest BCUT2D eigenvalue weighted by Gasteiger charge is -2.24. The molecule has 0 spiro atoms. The van der Waals surface area contributed by atoms with Gasteiger partial charge in [-0.2, -0.15) is 0 Å². The lowest BCUT2D eigenvalue weighted by Crippen LogP contribution is -2.35.